The van der Waals surface area contributed by atoms with Crippen LogP contribution in [0.4, 0.5) is 10.5 Å². The number of fused-ring (bicyclic) bond motifs is 3. The number of anilines is 1. The maximum Gasteiger partial charge on any atom is 0.414 e. The van der Waals surface area contributed by atoms with Gasteiger partial charge in [-0.25, -0.2) is 4.79 Å². The summed E-state index contributed by atoms with van der Waals surface area (Å²) in [4.78, 5) is 27.7. The number of rotatable bonds is 10. The number of carbonyl (C=O) groups excluding carboxylic acids is 2. The minimum Gasteiger partial charge on any atom is -0.492 e. The highest BCUT2D eigenvalue weighted by atomic mass is 16.6. The topological polar surface area (TPSA) is 99.8 Å². The molecular formula is C30H37N5O4. The summed E-state index contributed by atoms with van der Waals surface area (Å²) in [6.45, 7) is 10.1. The van der Waals surface area contributed by atoms with E-state index in [4.69, 9.17) is 14.6 Å². The number of aromatic nitrogens is 2. The fraction of sp³-hybridized carbons (Fsp3) is 0.433. The van der Waals surface area contributed by atoms with Crippen molar-refractivity contribution in [3.05, 3.63) is 53.6 Å². The Bertz CT molecular complexity index is 1320. The molecule has 2 aliphatic rings. The highest BCUT2D eigenvalue weighted by Crippen LogP contribution is 2.38. The largest absolute Gasteiger partial charge is 0.492 e. The molecule has 2 N–H and O–H groups in total. The zero-order valence-corrected chi connectivity index (χ0v) is 23.0. The highest BCUT2D eigenvalue weighted by Gasteiger charge is 2.33. The quantitative estimate of drug-likeness (QED) is 0.402. The van der Waals surface area contributed by atoms with Crippen LogP contribution in [-0.2, 0) is 22.4 Å². The lowest BCUT2D eigenvalue weighted by Crippen LogP contribution is -2.33. The summed E-state index contributed by atoms with van der Waals surface area (Å²) in [5, 5.41) is 10.7. The molecular weight excluding hydrogens is 494 g/mol. The molecule has 9 heteroatoms. The van der Waals surface area contributed by atoms with Crippen molar-refractivity contribution in [2.45, 2.75) is 46.1 Å². The summed E-state index contributed by atoms with van der Waals surface area (Å²) in [6.07, 6.45) is 2.06. The first-order valence-electron chi connectivity index (χ1n) is 13.9. The van der Waals surface area contributed by atoms with E-state index in [-0.39, 0.29) is 18.1 Å². The van der Waals surface area contributed by atoms with Crippen LogP contribution >= 0.6 is 0 Å². The summed E-state index contributed by atoms with van der Waals surface area (Å²) in [5.41, 5.74) is 7.39. The van der Waals surface area contributed by atoms with Crippen LogP contribution in [0.25, 0.3) is 22.5 Å². The summed E-state index contributed by atoms with van der Waals surface area (Å²) < 4.78 is 11.4. The number of nitrogens with zero attached hydrogens (tertiary/aromatic N) is 3. The van der Waals surface area contributed by atoms with Gasteiger partial charge in [-0.3, -0.25) is 14.8 Å². The molecule has 1 aliphatic carbocycles. The third-order valence-electron chi connectivity index (χ3n) is 7.56. The van der Waals surface area contributed by atoms with Crippen molar-refractivity contribution >= 4 is 17.7 Å². The molecule has 3 aromatic rings. The Morgan fingerprint density at radius 1 is 1.18 bits per heavy atom. The van der Waals surface area contributed by atoms with E-state index in [9.17, 15) is 9.59 Å². The van der Waals surface area contributed by atoms with Gasteiger partial charge in [-0.05, 0) is 74.3 Å². The van der Waals surface area contributed by atoms with Crippen molar-refractivity contribution in [1.82, 2.24) is 20.4 Å². The number of cyclic esters (lactones) is 1. The number of carbonyl (C=O) groups is 2. The molecule has 5 rings (SSSR count). The predicted molar refractivity (Wildman–Crippen MR) is 151 cm³/mol. The van der Waals surface area contributed by atoms with E-state index in [1.54, 1.807) is 4.90 Å². The first-order chi connectivity index (χ1) is 19.0. The zero-order chi connectivity index (χ0) is 27.4. The fourth-order valence-corrected chi connectivity index (χ4v) is 5.36. The minimum atomic E-state index is -0.385. The summed E-state index contributed by atoms with van der Waals surface area (Å²) in [7, 11) is 0. The van der Waals surface area contributed by atoms with Crippen LogP contribution < -0.4 is 15.0 Å². The second-order valence-corrected chi connectivity index (χ2v) is 10.1. The van der Waals surface area contributed by atoms with Crippen molar-refractivity contribution in [2.75, 3.05) is 44.2 Å². The lowest BCUT2D eigenvalue weighted by atomic mass is 9.99. The van der Waals surface area contributed by atoms with Gasteiger partial charge in [-0.1, -0.05) is 19.9 Å². The third kappa shape index (κ3) is 5.93. The number of hydrogen-bond donors (Lipinski definition) is 2. The van der Waals surface area contributed by atoms with Crippen LogP contribution in [0.1, 0.15) is 38.3 Å². The van der Waals surface area contributed by atoms with Crippen molar-refractivity contribution in [1.29, 1.82) is 0 Å². The van der Waals surface area contributed by atoms with Gasteiger partial charge >= 0.3 is 6.09 Å². The van der Waals surface area contributed by atoms with Gasteiger partial charge in [0.05, 0.1) is 24.5 Å². The van der Waals surface area contributed by atoms with E-state index in [2.05, 4.69) is 53.4 Å². The molecule has 1 fully saturated rings. The monoisotopic (exact) mass is 531 g/mol. The SMILES string of the molecule is CCN(CC)CCOc1ccc(-c2n[nH]c3c2CCCc2cc(N4C[C@H](CNC(C)=O)OC4=O)ccc2-3)cc1. The number of hydrogen-bond acceptors (Lipinski definition) is 6. The van der Waals surface area contributed by atoms with E-state index < -0.39 is 0 Å². The van der Waals surface area contributed by atoms with E-state index >= 15 is 0 Å². The molecule has 0 spiro atoms. The second-order valence-electron chi connectivity index (χ2n) is 10.1. The number of ether oxygens (including phenoxy) is 2. The molecule has 1 aromatic heterocycles. The normalized spacial score (nSPS) is 16.5. The first-order valence-corrected chi connectivity index (χ1v) is 13.9. The molecule has 0 radical (unpaired) electrons. The molecule has 0 unspecified atom stereocenters. The maximum absolute atomic E-state index is 12.5. The number of aryl methyl sites for hydroxylation is 1. The molecule has 0 bridgehead atoms. The Kier molecular flexibility index (Phi) is 8.16. The highest BCUT2D eigenvalue weighted by molar-refractivity contribution is 5.91. The van der Waals surface area contributed by atoms with Gasteiger partial charge < -0.3 is 19.7 Å². The lowest BCUT2D eigenvalue weighted by molar-refractivity contribution is -0.119. The van der Waals surface area contributed by atoms with Gasteiger partial charge in [0.15, 0.2) is 0 Å². The van der Waals surface area contributed by atoms with Crippen LogP contribution in [0.5, 0.6) is 5.75 Å². The summed E-state index contributed by atoms with van der Waals surface area (Å²) in [5.74, 6) is 0.726. The minimum absolute atomic E-state index is 0.139. The molecule has 2 heterocycles. The standard InChI is InChI=1S/C30H37N5O4/c1-4-34(5-2)15-16-38-24-12-9-21(10-13-24)28-27-8-6-7-22-17-23(11-14-26(22)29(27)33-32-28)35-19-25(39-30(35)37)18-31-20(3)36/h9-14,17,25H,4-8,15-16,18-19H2,1-3H3,(H,31,36)(H,32,33)/t25-/m0/s1. The Labute approximate surface area is 229 Å². The Morgan fingerprint density at radius 3 is 2.72 bits per heavy atom. The average molecular weight is 532 g/mol. The van der Waals surface area contributed by atoms with Crippen molar-refractivity contribution < 1.29 is 19.1 Å². The number of nitrogens with one attached hydrogen (secondary N) is 2. The van der Waals surface area contributed by atoms with Crippen molar-refractivity contribution in [3.63, 3.8) is 0 Å². The molecule has 1 atom stereocenters. The second kappa shape index (κ2) is 11.9. The van der Waals surface area contributed by atoms with Gasteiger partial charge in [0.1, 0.15) is 18.5 Å². The van der Waals surface area contributed by atoms with Gasteiger partial charge in [0.2, 0.25) is 5.91 Å². The van der Waals surface area contributed by atoms with Crippen LogP contribution in [-0.4, -0.2) is 72.5 Å². The maximum atomic E-state index is 12.5. The van der Waals surface area contributed by atoms with Gasteiger partial charge in [-0.15, -0.1) is 0 Å². The van der Waals surface area contributed by atoms with Crippen LogP contribution in [0.3, 0.4) is 0 Å². The number of likely N-dealkylation sites (N-methyl/N-ethyl adjacent to an activating group) is 1. The van der Waals surface area contributed by atoms with E-state index in [1.165, 1.54) is 18.1 Å². The number of aromatic amines is 1. The molecule has 2 amide bonds. The van der Waals surface area contributed by atoms with E-state index in [0.717, 1.165) is 72.8 Å². The van der Waals surface area contributed by atoms with Gasteiger partial charge in [0.25, 0.3) is 0 Å². The predicted octanol–water partition coefficient (Wildman–Crippen LogP) is 4.41. The van der Waals surface area contributed by atoms with Crippen molar-refractivity contribution in [3.8, 4) is 28.3 Å². The summed E-state index contributed by atoms with van der Waals surface area (Å²) >= 11 is 0. The third-order valence-corrected chi connectivity index (χ3v) is 7.56. The van der Waals surface area contributed by atoms with Gasteiger partial charge in [-0.2, -0.15) is 5.10 Å². The molecule has 39 heavy (non-hydrogen) atoms. The van der Waals surface area contributed by atoms with Crippen LogP contribution in [0.2, 0.25) is 0 Å². The number of benzene rings is 2. The molecule has 1 aliphatic heterocycles. The molecule has 9 nitrogen and oxygen atoms in total. The molecule has 1 saturated heterocycles. The van der Waals surface area contributed by atoms with Crippen molar-refractivity contribution in [2.24, 2.45) is 0 Å². The van der Waals surface area contributed by atoms with Crippen LogP contribution in [0.15, 0.2) is 42.5 Å². The fourth-order valence-electron chi connectivity index (χ4n) is 5.36. The zero-order valence-electron chi connectivity index (χ0n) is 23.0. The van der Waals surface area contributed by atoms with E-state index in [0.29, 0.717) is 19.7 Å². The first kappa shape index (κ1) is 26.7. The average Bonchev–Trinajstić information content (AvgIpc) is 3.48. The Morgan fingerprint density at radius 2 is 1.97 bits per heavy atom. The lowest BCUT2D eigenvalue weighted by Gasteiger charge is -2.18. The van der Waals surface area contributed by atoms with Crippen LogP contribution in [0, 0.1) is 0 Å². The molecule has 0 saturated carbocycles. The van der Waals surface area contributed by atoms with Gasteiger partial charge in [0, 0.05) is 35.8 Å². The number of H-pyrrole nitrogens is 1. The number of amides is 2. The molecule has 2 aromatic carbocycles. The summed E-state index contributed by atoms with van der Waals surface area (Å²) in [6, 6.07) is 14.3. The smallest absolute Gasteiger partial charge is 0.414 e. The van der Waals surface area contributed by atoms with E-state index in [1.807, 2.05) is 18.2 Å². The molecule has 206 valence electrons. The Hall–Kier alpha value is -3.85. The Balaban J connectivity index is 1.31.